The molecule has 0 spiro atoms. The van der Waals surface area contributed by atoms with Crippen LogP contribution in [0.4, 0.5) is 4.39 Å². The zero-order valence-electron chi connectivity index (χ0n) is 10.2. The molecule has 1 unspecified atom stereocenters. The highest BCUT2D eigenvalue weighted by atomic mass is 35.5. The van der Waals surface area contributed by atoms with Crippen molar-refractivity contribution >= 4 is 41.5 Å². The zero-order chi connectivity index (χ0) is 13.5. The van der Waals surface area contributed by atoms with E-state index in [9.17, 15) is 9.18 Å². The van der Waals surface area contributed by atoms with Gasteiger partial charge in [0.15, 0.2) is 0 Å². The standard InChI is InChI=1S/C12H13Cl2FN2O.ClH/c1-6(17-11(18)12(16)4-5-12)9-7(13)2-3-8(15)10(9)14;/h2-3,6H,4-5,16H2,1H3,(H,17,18);1H. The normalized spacial score (nSPS) is 17.3. The molecule has 1 aliphatic rings. The predicted octanol–water partition coefficient (Wildman–Crippen LogP) is 3.22. The summed E-state index contributed by atoms with van der Waals surface area (Å²) in [6.07, 6.45) is 1.33. The summed E-state index contributed by atoms with van der Waals surface area (Å²) in [4.78, 5) is 11.8. The summed E-state index contributed by atoms with van der Waals surface area (Å²) >= 11 is 11.8. The van der Waals surface area contributed by atoms with E-state index in [-0.39, 0.29) is 23.3 Å². The highest BCUT2D eigenvalue weighted by molar-refractivity contribution is 6.36. The molecule has 1 atom stereocenters. The molecular weight excluding hydrogens is 314 g/mol. The molecule has 0 aromatic heterocycles. The van der Waals surface area contributed by atoms with Crippen LogP contribution in [0.2, 0.25) is 10.0 Å². The Bertz CT molecular complexity index is 506. The fraction of sp³-hybridized carbons (Fsp3) is 0.417. The summed E-state index contributed by atoms with van der Waals surface area (Å²) in [6, 6.07) is 2.11. The van der Waals surface area contributed by atoms with Crippen LogP contribution in [0.5, 0.6) is 0 Å². The van der Waals surface area contributed by atoms with Crippen LogP contribution in [0.25, 0.3) is 0 Å². The quantitative estimate of drug-likeness (QED) is 0.838. The van der Waals surface area contributed by atoms with Crippen LogP contribution in [-0.4, -0.2) is 11.4 Å². The highest BCUT2D eigenvalue weighted by Crippen LogP contribution is 2.35. The van der Waals surface area contributed by atoms with Crippen molar-refractivity contribution in [2.75, 3.05) is 0 Å². The molecule has 0 heterocycles. The number of rotatable bonds is 3. The third-order valence-corrected chi connectivity index (χ3v) is 3.81. The van der Waals surface area contributed by atoms with E-state index < -0.39 is 17.4 Å². The molecule has 19 heavy (non-hydrogen) atoms. The van der Waals surface area contributed by atoms with E-state index in [0.717, 1.165) is 0 Å². The molecule has 1 amide bonds. The van der Waals surface area contributed by atoms with E-state index in [2.05, 4.69) is 5.32 Å². The van der Waals surface area contributed by atoms with Crippen LogP contribution in [0.3, 0.4) is 0 Å². The van der Waals surface area contributed by atoms with Crippen molar-refractivity contribution in [2.24, 2.45) is 5.73 Å². The van der Waals surface area contributed by atoms with Crippen LogP contribution in [-0.2, 0) is 4.79 Å². The maximum atomic E-state index is 13.4. The van der Waals surface area contributed by atoms with Crippen molar-refractivity contribution in [3.05, 3.63) is 33.6 Å². The molecule has 3 nitrogen and oxygen atoms in total. The summed E-state index contributed by atoms with van der Waals surface area (Å²) in [6.45, 7) is 1.69. The van der Waals surface area contributed by atoms with Gasteiger partial charge in [0.05, 0.1) is 16.6 Å². The van der Waals surface area contributed by atoms with Gasteiger partial charge in [-0.25, -0.2) is 4.39 Å². The van der Waals surface area contributed by atoms with Crippen molar-refractivity contribution in [1.29, 1.82) is 0 Å². The van der Waals surface area contributed by atoms with Crippen molar-refractivity contribution in [1.82, 2.24) is 5.32 Å². The second-order valence-electron chi connectivity index (χ2n) is 4.61. The first-order chi connectivity index (χ1) is 8.35. The predicted molar refractivity (Wildman–Crippen MR) is 76.4 cm³/mol. The topological polar surface area (TPSA) is 55.1 Å². The molecule has 106 valence electrons. The van der Waals surface area contributed by atoms with Gasteiger partial charge in [0.25, 0.3) is 0 Å². The SMILES string of the molecule is CC(NC(=O)C1(N)CC1)c1c(Cl)ccc(F)c1Cl.Cl. The Morgan fingerprint density at radius 2 is 2.05 bits per heavy atom. The third kappa shape index (κ3) is 3.31. The number of nitrogens with one attached hydrogen (secondary N) is 1. The van der Waals surface area contributed by atoms with Crippen LogP contribution < -0.4 is 11.1 Å². The fourth-order valence-electron chi connectivity index (χ4n) is 1.71. The highest BCUT2D eigenvalue weighted by Gasteiger charge is 2.46. The van der Waals surface area contributed by atoms with Gasteiger partial charge < -0.3 is 11.1 Å². The van der Waals surface area contributed by atoms with Crippen molar-refractivity contribution in [3.8, 4) is 0 Å². The molecule has 1 fully saturated rings. The Kier molecular flexibility index (Phi) is 5.07. The smallest absolute Gasteiger partial charge is 0.240 e. The number of amides is 1. The fourth-order valence-corrected chi connectivity index (χ4v) is 2.41. The van der Waals surface area contributed by atoms with Crippen LogP contribution >= 0.6 is 35.6 Å². The molecule has 1 aromatic rings. The first kappa shape index (κ1) is 16.5. The Balaban J connectivity index is 0.00000180. The minimum Gasteiger partial charge on any atom is -0.348 e. The van der Waals surface area contributed by atoms with Gasteiger partial charge in [0, 0.05) is 10.6 Å². The average molecular weight is 328 g/mol. The number of hydrogen-bond donors (Lipinski definition) is 2. The molecule has 0 aliphatic heterocycles. The van der Waals surface area contributed by atoms with Gasteiger partial charge in [-0.3, -0.25) is 4.79 Å². The number of hydrogen-bond acceptors (Lipinski definition) is 2. The average Bonchev–Trinajstić information content (AvgIpc) is 3.04. The summed E-state index contributed by atoms with van der Waals surface area (Å²) in [5.74, 6) is -0.822. The number of carbonyl (C=O) groups is 1. The molecule has 0 bridgehead atoms. The van der Waals surface area contributed by atoms with Gasteiger partial charge in [-0.05, 0) is 31.9 Å². The summed E-state index contributed by atoms with van der Waals surface area (Å²) in [7, 11) is 0. The lowest BCUT2D eigenvalue weighted by Gasteiger charge is -2.19. The second-order valence-corrected chi connectivity index (χ2v) is 5.39. The van der Waals surface area contributed by atoms with Crippen LogP contribution in [0.15, 0.2) is 12.1 Å². The first-order valence-corrected chi connectivity index (χ1v) is 6.34. The molecule has 0 saturated heterocycles. The molecule has 0 radical (unpaired) electrons. The number of halogens is 4. The Labute approximate surface area is 127 Å². The summed E-state index contributed by atoms with van der Waals surface area (Å²) in [5.41, 5.74) is 5.36. The van der Waals surface area contributed by atoms with E-state index in [1.165, 1.54) is 12.1 Å². The van der Waals surface area contributed by atoms with Crippen molar-refractivity contribution < 1.29 is 9.18 Å². The molecule has 1 saturated carbocycles. The molecule has 2 rings (SSSR count). The lowest BCUT2D eigenvalue weighted by molar-refractivity contribution is -0.123. The van der Waals surface area contributed by atoms with Gasteiger partial charge in [0.2, 0.25) is 5.91 Å². The summed E-state index contributed by atoms with van der Waals surface area (Å²) in [5, 5.41) is 2.95. The van der Waals surface area contributed by atoms with Crippen molar-refractivity contribution in [3.63, 3.8) is 0 Å². The maximum Gasteiger partial charge on any atom is 0.240 e. The lowest BCUT2D eigenvalue weighted by atomic mass is 10.1. The van der Waals surface area contributed by atoms with E-state index in [1.807, 2.05) is 0 Å². The van der Waals surface area contributed by atoms with E-state index in [1.54, 1.807) is 6.92 Å². The van der Waals surface area contributed by atoms with E-state index >= 15 is 0 Å². The number of benzene rings is 1. The number of carbonyl (C=O) groups excluding carboxylic acids is 1. The molecule has 1 aliphatic carbocycles. The summed E-state index contributed by atoms with van der Waals surface area (Å²) < 4.78 is 13.4. The largest absolute Gasteiger partial charge is 0.348 e. The van der Waals surface area contributed by atoms with Gasteiger partial charge in [-0.15, -0.1) is 12.4 Å². The van der Waals surface area contributed by atoms with Gasteiger partial charge in [-0.2, -0.15) is 0 Å². The van der Waals surface area contributed by atoms with Crippen LogP contribution in [0.1, 0.15) is 31.4 Å². The van der Waals surface area contributed by atoms with Crippen LogP contribution in [0, 0.1) is 5.82 Å². The second kappa shape index (κ2) is 5.83. The third-order valence-electron chi connectivity index (χ3n) is 3.10. The Morgan fingerprint density at radius 3 is 2.58 bits per heavy atom. The van der Waals surface area contributed by atoms with Crippen molar-refractivity contribution in [2.45, 2.75) is 31.3 Å². The lowest BCUT2D eigenvalue weighted by Crippen LogP contribution is -2.43. The molecular formula is C12H14Cl3FN2O. The molecule has 7 heteroatoms. The van der Waals surface area contributed by atoms with Gasteiger partial charge in [0.1, 0.15) is 5.82 Å². The van der Waals surface area contributed by atoms with Gasteiger partial charge >= 0.3 is 0 Å². The van der Waals surface area contributed by atoms with Gasteiger partial charge in [-0.1, -0.05) is 23.2 Å². The van der Waals surface area contributed by atoms with E-state index in [4.69, 9.17) is 28.9 Å². The Hall–Kier alpha value is -0.550. The van der Waals surface area contributed by atoms with E-state index in [0.29, 0.717) is 23.4 Å². The number of nitrogens with two attached hydrogens (primary N) is 1. The Morgan fingerprint density at radius 1 is 1.47 bits per heavy atom. The first-order valence-electron chi connectivity index (χ1n) is 5.58. The molecule has 1 aromatic carbocycles. The minimum absolute atomic E-state index is 0. The minimum atomic E-state index is -0.777. The molecule has 3 N–H and O–H groups in total. The maximum absolute atomic E-state index is 13.4. The zero-order valence-corrected chi connectivity index (χ0v) is 12.5. The monoisotopic (exact) mass is 326 g/mol.